The summed E-state index contributed by atoms with van der Waals surface area (Å²) < 4.78 is 5.35. The van der Waals surface area contributed by atoms with E-state index < -0.39 is 5.97 Å². The van der Waals surface area contributed by atoms with Crippen molar-refractivity contribution >= 4 is 29.5 Å². The van der Waals surface area contributed by atoms with Crippen LogP contribution in [0.2, 0.25) is 0 Å². The molecule has 2 heterocycles. The zero-order chi connectivity index (χ0) is 15.5. The fourth-order valence-corrected chi connectivity index (χ4v) is 5.46. The summed E-state index contributed by atoms with van der Waals surface area (Å²) in [7, 11) is 0. The van der Waals surface area contributed by atoms with Crippen LogP contribution in [0.5, 0.6) is 0 Å². The molecule has 0 aliphatic carbocycles. The summed E-state index contributed by atoms with van der Waals surface area (Å²) in [6, 6.07) is 0. The number of aliphatic carboxylic acids is 1. The van der Waals surface area contributed by atoms with Crippen molar-refractivity contribution in [3.05, 3.63) is 11.7 Å². The van der Waals surface area contributed by atoms with Crippen molar-refractivity contribution in [2.75, 3.05) is 11.5 Å². The Kier molecular flexibility index (Phi) is 5.60. The van der Waals surface area contributed by atoms with E-state index in [4.69, 9.17) is 9.63 Å². The topological polar surface area (TPSA) is 76.2 Å². The van der Waals surface area contributed by atoms with Gasteiger partial charge in [0.1, 0.15) is 0 Å². The van der Waals surface area contributed by atoms with E-state index in [1.165, 1.54) is 5.75 Å². The van der Waals surface area contributed by atoms with E-state index in [0.717, 1.165) is 18.0 Å². The third kappa shape index (κ3) is 4.64. The van der Waals surface area contributed by atoms with Gasteiger partial charge >= 0.3 is 5.97 Å². The van der Waals surface area contributed by atoms with Gasteiger partial charge in [-0.05, 0) is 11.8 Å². The summed E-state index contributed by atoms with van der Waals surface area (Å²) in [6.07, 6.45) is 1.68. The molecule has 5 nitrogen and oxygen atoms in total. The maximum absolute atomic E-state index is 10.9. The van der Waals surface area contributed by atoms with Crippen LogP contribution in [-0.2, 0) is 11.2 Å². The number of thioether (sulfide) groups is 2. The molecule has 21 heavy (non-hydrogen) atoms. The Bertz CT molecular complexity index is 490. The van der Waals surface area contributed by atoms with Crippen molar-refractivity contribution in [3.63, 3.8) is 0 Å². The lowest BCUT2D eigenvalue weighted by atomic mass is 9.86. The fraction of sp³-hybridized carbons (Fsp3) is 0.786. The van der Waals surface area contributed by atoms with Crippen LogP contribution >= 0.6 is 23.5 Å². The molecule has 118 valence electrons. The maximum atomic E-state index is 10.9. The molecule has 1 aliphatic rings. The lowest BCUT2D eigenvalue weighted by molar-refractivity contribution is -0.139. The van der Waals surface area contributed by atoms with Gasteiger partial charge in [-0.25, -0.2) is 0 Å². The highest BCUT2D eigenvalue weighted by Crippen LogP contribution is 2.43. The summed E-state index contributed by atoms with van der Waals surface area (Å²) in [5.74, 6) is 2.79. The van der Waals surface area contributed by atoms with Gasteiger partial charge in [0.25, 0.3) is 0 Å². The first-order valence-electron chi connectivity index (χ1n) is 7.19. The third-order valence-electron chi connectivity index (χ3n) is 3.45. The van der Waals surface area contributed by atoms with E-state index in [9.17, 15) is 4.79 Å². The van der Waals surface area contributed by atoms with Gasteiger partial charge < -0.3 is 9.63 Å². The summed E-state index contributed by atoms with van der Waals surface area (Å²) in [5.41, 5.74) is -0.381. The number of hydrogen-bond acceptors (Lipinski definition) is 6. The Hall–Kier alpha value is -0.690. The molecule has 0 saturated carbocycles. The van der Waals surface area contributed by atoms with Crippen LogP contribution in [0, 0.1) is 5.41 Å². The largest absolute Gasteiger partial charge is 0.481 e. The van der Waals surface area contributed by atoms with Gasteiger partial charge in [0.05, 0.1) is 11.7 Å². The van der Waals surface area contributed by atoms with E-state index in [0.29, 0.717) is 17.6 Å². The number of carboxylic acids is 1. The molecular weight excluding hydrogens is 308 g/mol. The summed E-state index contributed by atoms with van der Waals surface area (Å²) >= 11 is 3.87. The minimum absolute atomic E-state index is 0.0936. The number of nitrogens with zero attached hydrogens (tertiary/aromatic N) is 2. The summed E-state index contributed by atoms with van der Waals surface area (Å²) in [5, 5.41) is 13.9. The van der Waals surface area contributed by atoms with Crippen LogP contribution in [0.15, 0.2) is 4.52 Å². The van der Waals surface area contributed by atoms with Crippen LogP contribution in [0.25, 0.3) is 0 Å². The van der Waals surface area contributed by atoms with Gasteiger partial charge in [0.15, 0.2) is 5.82 Å². The van der Waals surface area contributed by atoms with Gasteiger partial charge in [-0.15, -0.1) is 11.8 Å². The predicted octanol–water partition coefficient (Wildman–Crippen LogP) is 3.41. The van der Waals surface area contributed by atoms with E-state index >= 15 is 0 Å². The predicted molar refractivity (Wildman–Crippen MR) is 85.8 cm³/mol. The Morgan fingerprint density at radius 1 is 1.43 bits per heavy atom. The zero-order valence-corrected chi connectivity index (χ0v) is 14.3. The SMILES string of the molecule is CCC1SCCSC1c1noc(CC(C)(C)CC(=O)O)n1. The number of carbonyl (C=O) groups is 1. The van der Waals surface area contributed by atoms with Crippen molar-refractivity contribution in [3.8, 4) is 0 Å². The number of hydrogen-bond donors (Lipinski definition) is 1. The maximum Gasteiger partial charge on any atom is 0.303 e. The van der Waals surface area contributed by atoms with Gasteiger partial charge in [-0.3, -0.25) is 4.79 Å². The first kappa shape index (κ1) is 16.7. The quantitative estimate of drug-likeness (QED) is 0.856. The average molecular weight is 330 g/mol. The molecule has 1 aromatic heterocycles. The smallest absolute Gasteiger partial charge is 0.303 e. The van der Waals surface area contributed by atoms with Crippen LogP contribution in [0.1, 0.15) is 50.6 Å². The second kappa shape index (κ2) is 7.05. The van der Waals surface area contributed by atoms with E-state index in [2.05, 4.69) is 17.1 Å². The molecular formula is C14H22N2O3S2. The highest BCUT2D eigenvalue weighted by molar-refractivity contribution is 8.06. The van der Waals surface area contributed by atoms with Crippen LogP contribution in [0.3, 0.4) is 0 Å². The van der Waals surface area contributed by atoms with E-state index in [1.54, 1.807) is 0 Å². The molecule has 1 fully saturated rings. The van der Waals surface area contributed by atoms with Crippen molar-refractivity contribution in [1.82, 2.24) is 10.1 Å². The van der Waals surface area contributed by atoms with Crippen molar-refractivity contribution in [1.29, 1.82) is 0 Å². The Balaban J connectivity index is 2.05. The summed E-state index contributed by atoms with van der Waals surface area (Å²) in [6.45, 7) is 6.00. The third-order valence-corrected chi connectivity index (χ3v) is 6.69. The van der Waals surface area contributed by atoms with Crippen LogP contribution in [-0.4, -0.2) is 38.0 Å². The minimum atomic E-state index is -0.801. The van der Waals surface area contributed by atoms with E-state index in [1.807, 2.05) is 37.4 Å². The number of aromatic nitrogens is 2. The molecule has 0 bridgehead atoms. The Morgan fingerprint density at radius 3 is 2.81 bits per heavy atom. The standard InChI is InChI=1S/C14H22N2O3S2/c1-4-9-12(21-6-5-20-9)13-15-10(19-16-13)7-14(2,3)8-11(17)18/h9,12H,4-8H2,1-3H3,(H,17,18). The molecule has 2 atom stereocenters. The molecule has 0 spiro atoms. The molecule has 0 amide bonds. The Morgan fingerprint density at radius 2 is 2.14 bits per heavy atom. The number of carboxylic acid groups (broad SMARTS) is 1. The lowest BCUT2D eigenvalue weighted by Gasteiger charge is -2.27. The lowest BCUT2D eigenvalue weighted by Crippen LogP contribution is -2.21. The highest BCUT2D eigenvalue weighted by Gasteiger charge is 2.31. The normalized spacial score (nSPS) is 23.2. The van der Waals surface area contributed by atoms with Gasteiger partial charge in [-0.2, -0.15) is 16.7 Å². The molecule has 2 rings (SSSR count). The average Bonchev–Trinajstić information content (AvgIpc) is 2.84. The molecule has 0 aromatic carbocycles. The minimum Gasteiger partial charge on any atom is -0.481 e. The first-order chi connectivity index (χ1) is 9.91. The molecule has 7 heteroatoms. The molecule has 1 N–H and O–H groups in total. The molecule has 0 radical (unpaired) electrons. The highest BCUT2D eigenvalue weighted by atomic mass is 32.2. The van der Waals surface area contributed by atoms with Crippen LogP contribution < -0.4 is 0 Å². The number of rotatable bonds is 6. The second-order valence-corrected chi connectivity index (χ2v) is 8.66. The molecule has 2 unspecified atom stereocenters. The van der Waals surface area contributed by atoms with Crippen LogP contribution in [0.4, 0.5) is 0 Å². The van der Waals surface area contributed by atoms with E-state index in [-0.39, 0.29) is 17.1 Å². The first-order valence-corrected chi connectivity index (χ1v) is 9.28. The molecule has 1 aromatic rings. The van der Waals surface area contributed by atoms with Gasteiger partial charge in [0, 0.05) is 23.2 Å². The second-order valence-electron chi connectivity index (χ2n) is 6.07. The molecule has 1 saturated heterocycles. The van der Waals surface area contributed by atoms with Crippen molar-refractivity contribution < 1.29 is 14.4 Å². The summed E-state index contributed by atoms with van der Waals surface area (Å²) in [4.78, 5) is 15.4. The van der Waals surface area contributed by atoms with Gasteiger partial charge in [0.2, 0.25) is 5.89 Å². The van der Waals surface area contributed by atoms with Crippen molar-refractivity contribution in [2.24, 2.45) is 5.41 Å². The van der Waals surface area contributed by atoms with Gasteiger partial charge in [-0.1, -0.05) is 25.9 Å². The van der Waals surface area contributed by atoms with Crippen molar-refractivity contribution in [2.45, 2.75) is 50.5 Å². The zero-order valence-electron chi connectivity index (χ0n) is 12.7. The fourth-order valence-electron chi connectivity index (χ4n) is 2.48. The molecule has 1 aliphatic heterocycles. The monoisotopic (exact) mass is 330 g/mol. The Labute approximate surface area is 133 Å².